The molecule has 27 heavy (non-hydrogen) atoms. The third-order valence-electron chi connectivity index (χ3n) is 4.43. The summed E-state index contributed by atoms with van der Waals surface area (Å²) in [5, 5.41) is 24.6. The molecule has 1 aliphatic rings. The normalized spacial score (nSPS) is 17.0. The van der Waals surface area contributed by atoms with Gasteiger partial charge in [0.05, 0.1) is 23.0 Å². The highest BCUT2D eigenvalue weighted by Crippen LogP contribution is 2.43. The standard InChI is InChI=1S/C20H15NO4S2/c22-14-7-2-1-6-13(14)17-16(18(23)15-8-4-10-27-15)19(24)20(25)21(17)11-12-5-3-9-26-12/h1-10,17,22,24H,11H2. The van der Waals surface area contributed by atoms with Crippen molar-refractivity contribution in [3.05, 3.63) is 85.9 Å². The summed E-state index contributed by atoms with van der Waals surface area (Å²) in [6, 6.07) is 12.9. The van der Waals surface area contributed by atoms with E-state index in [1.807, 2.05) is 17.5 Å². The molecule has 5 nitrogen and oxygen atoms in total. The second-order valence-corrected chi connectivity index (χ2v) is 8.02. The Morgan fingerprint density at radius 3 is 2.41 bits per heavy atom. The molecule has 0 bridgehead atoms. The van der Waals surface area contributed by atoms with Crippen LogP contribution in [-0.2, 0) is 11.3 Å². The van der Waals surface area contributed by atoms with Crippen LogP contribution in [0, 0.1) is 0 Å². The van der Waals surface area contributed by atoms with Crippen LogP contribution in [0.5, 0.6) is 5.75 Å². The number of aliphatic hydroxyl groups excluding tert-OH is 1. The van der Waals surface area contributed by atoms with Gasteiger partial charge in [0.2, 0.25) is 5.78 Å². The Labute approximate surface area is 163 Å². The molecule has 0 radical (unpaired) electrons. The molecule has 2 N–H and O–H groups in total. The lowest BCUT2D eigenvalue weighted by atomic mass is 9.94. The van der Waals surface area contributed by atoms with Gasteiger partial charge in [0.1, 0.15) is 5.75 Å². The van der Waals surface area contributed by atoms with E-state index < -0.39 is 23.5 Å². The number of nitrogens with zero attached hydrogens (tertiary/aromatic N) is 1. The summed E-state index contributed by atoms with van der Waals surface area (Å²) in [6.07, 6.45) is 0. The minimum absolute atomic E-state index is 0.000469. The van der Waals surface area contributed by atoms with Gasteiger partial charge >= 0.3 is 0 Å². The van der Waals surface area contributed by atoms with Gasteiger partial charge in [-0.25, -0.2) is 0 Å². The number of ketones is 1. The van der Waals surface area contributed by atoms with Gasteiger partial charge in [0, 0.05) is 10.4 Å². The molecule has 3 aromatic rings. The summed E-state index contributed by atoms with van der Waals surface area (Å²) in [5.74, 6) is -1.61. The largest absolute Gasteiger partial charge is 0.508 e. The maximum atomic E-state index is 13.0. The minimum atomic E-state index is -0.851. The first-order valence-electron chi connectivity index (χ1n) is 8.20. The number of amides is 1. The molecule has 0 fully saturated rings. The Balaban J connectivity index is 1.83. The second kappa shape index (κ2) is 7.02. The summed E-state index contributed by atoms with van der Waals surface area (Å²) < 4.78 is 0. The monoisotopic (exact) mass is 397 g/mol. The topological polar surface area (TPSA) is 77.8 Å². The van der Waals surface area contributed by atoms with E-state index in [4.69, 9.17) is 0 Å². The Morgan fingerprint density at radius 1 is 1.00 bits per heavy atom. The lowest BCUT2D eigenvalue weighted by molar-refractivity contribution is -0.130. The maximum absolute atomic E-state index is 13.0. The van der Waals surface area contributed by atoms with Crippen molar-refractivity contribution in [2.75, 3.05) is 0 Å². The molecule has 1 atom stereocenters. The summed E-state index contributed by atoms with van der Waals surface area (Å²) in [5.41, 5.74) is 0.409. The van der Waals surface area contributed by atoms with Crippen molar-refractivity contribution in [1.29, 1.82) is 0 Å². The predicted molar refractivity (Wildman–Crippen MR) is 104 cm³/mol. The lowest BCUT2D eigenvalue weighted by Gasteiger charge is -2.26. The molecule has 0 aliphatic carbocycles. The number of aromatic hydroxyl groups is 1. The number of hydrogen-bond donors (Lipinski definition) is 2. The second-order valence-electron chi connectivity index (χ2n) is 6.04. The Morgan fingerprint density at radius 2 is 1.74 bits per heavy atom. The number of rotatable bonds is 5. The third-order valence-corrected chi connectivity index (χ3v) is 6.16. The van der Waals surface area contributed by atoms with Crippen LogP contribution < -0.4 is 0 Å². The Hall–Kier alpha value is -2.90. The zero-order valence-corrected chi connectivity index (χ0v) is 15.7. The zero-order chi connectivity index (χ0) is 19.0. The average Bonchev–Trinajstić information content (AvgIpc) is 3.40. The molecule has 136 valence electrons. The first-order valence-corrected chi connectivity index (χ1v) is 9.96. The fraction of sp³-hybridized carbons (Fsp3) is 0.100. The number of phenolic OH excluding ortho intramolecular Hbond substituents is 1. The van der Waals surface area contributed by atoms with Crippen LogP contribution in [0.15, 0.2) is 70.6 Å². The van der Waals surface area contributed by atoms with Crippen LogP contribution in [0.2, 0.25) is 0 Å². The molecule has 0 saturated heterocycles. The van der Waals surface area contributed by atoms with Crippen LogP contribution in [0.25, 0.3) is 0 Å². The highest BCUT2D eigenvalue weighted by molar-refractivity contribution is 7.12. The molecule has 4 rings (SSSR count). The number of hydrogen-bond acceptors (Lipinski definition) is 6. The van der Waals surface area contributed by atoms with E-state index in [1.165, 1.54) is 33.6 Å². The summed E-state index contributed by atoms with van der Waals surface area (Å²) in [7, 11) is 0. The van der Waals surface area contributed by atoms with E-state index in [9.17, 15) is 19.8 Å². The van der Waals surface area contributed by atoms with E-state index >= 15 is 0 Å². The van der Waals surface area contributed by atoms with E-state index in [2.05, 4.69) is 0 Å². The molecular weight excluding hydrogens is 382 g/mol. The zero-order valence-electron chi connectivity index (χ0n) is 14.0. The van der Waals surface area contributed by atoms with Gasteiger partial charge in [0.15, 0.2) is 5.76 Å². The van der Waals surface area contributed by atoms with Crippen molar-refractivity contribution < 1.29 is 19.8 Å². The molecule has 1 aromatic carbocycles. The number of carbonyl (C=O) groups excluding carboxylic acids is 2. The third kappa shape index (κ3) is 3.05. The van der Waals surface area contributed by atoms with E-state index in [-0.39, 0.29) is 17.9 Å². The van der Waals surface area contributed by atoms with Crippen molar-refractivity contribution in [2.45, 2.75) is 12.6 Å². The van der Waals surface area contributed by atoms with Crippen LogP contribution in [0.1, 0.15) is 26.2 Å². The maximum Gasteiger partial charge on any atom is 0.290 e. The highest BCUT2D eigenvalue weighted by atomic mass is 32.1. The van der Waals surface area contributed by atoms with Crippen molar-refractivity contribution in [1.82, 2.24) is 4.90 Å². The molecule has 1 unspecified atom stereocenters. The Kier molecular flexibility index (Phi) is 4.55. The molecule has 1 aliphatic heterocycles. The number of aliphatic hydroxyl groups is 1. The van der Waals surface area contributed by atoms with Gasteiger partial charge < -0.3 is 15.1 Å². The van der Waals surface area contributed by atoms with Gasteiger partial charge in [-0.15, -0.1) is 22.7 Å². The van der Waals surface area contributed by atoms with Crippen LogP contribution in [0.3, 0.4) is 0 Å². The molecule has 3 heterocycles. The molecule has 7 heteroatoms. The van der Waals surface area contributed by atoms with Crippen LogP contribution >= 0.6 is 22.7 Å². The van der Waals surface area contributed by atoms with Crippen molar-refractivity contribution in [3.8, 4) is 5.75 Å². The van der Waals surface area contributed by atoms with Crippen LogP contribution in [-0.4, -0.2) is 26.8 Å². The quantitative estimate of drug-likeness (QED) is 0.630. The molecule has 0 saturated carbocycles. The van der Waals surface area contributed by atoms with Gasteiger partial charge in [-0.1, -0.05) is 30.3 Å². The molecule has 1 amide bonds. The van der Waals surface area contributed by atoms with Gasteiger partial charge in [-0.3, -0.25) is 9.59 Å². The number of para-hydroxylation sites is 1. The van der Waals surface area contributed by atoms with Crippen molar-refractivity contribution in [2.24, 2.45) is 0 Å². The number of Topliss-reactive ketones (excluding diaryl/α,β-unsaturated/α-hetero) is 1. The lowest BCUT2D eigenvalue weighted by Crippen LogP contribution is -2.30. The first-order chi connectivity index (χ1) is 13.1. The fourth-order valence-electron chi connectivity index (χ4n) is 3.20. The van der Waals surface area contributed by atoms with E-state index in [0.717, 1.165) is 4.88 Å². The minimum Gasteiger partial charge on any atom is -0.508 e. The van der Waals surface area contributed by atoms with E-state index in [1.54, 1.807) is 35.7 Å². The number of thiophene rings is 2. The van der Waals surface area contributed by atoms with E-state index in [0.29, 0.717) is 10.4 Å². The van der Waals surface area contributed by atoms with Gasteiger partial charge in [0.25, 0.3) is 5.91 Å². The molecule has 2 aromatic heterocycles. The van der Waals surface area contributed by atoms with Crippen molar-refractivity contribution >= 4 is 34.4 Å². The van der Waals surface area contributed by atoms with Crippen molar-refractivity contribution in [3.63, 3.8) is 0 Å². The summed E-state index contributed by atoms with van der Waals surface area (Å²) >= 11 is 2.73. The fourth-order valence-corrected chi connectivity index (χ4v) is 4.58. The number of carbonyl (C=O) groups is 2. The molecular formula is C20H15NO4S2. The first kappa shape index (κ1) is 17.5. The summed E-state index contributed by atoms with van der Waals surface area (Å²) in [6.45, 7) is 0.237. The van der Waals surface area contributed by atoms with Gasteiger partial charge in [-0.2, -0.15) is 0 Å². The average molecular weight is 397 g/mol. The summed E-state index contributed by atoms with van der Waals surface area (Å²) in [4.78, 5) is 28.6. The SMILES string of the molecule is O=C(C1=C(O)C(=O)N(Cc2cccs2)C1c1ccccc1O)c1cccs1. The number of phenols is 1. The highest BCUT2D eigenvalue weighted by Gasteiger charge is 2.44. The number of benzene rings is 1. The Bertz CT molecular complexity index is 1020. The van der Waals surface area contributed by atoms with Gasteiger partial charge in [-0.05, 0) is 29.0 Å². The predicted octanol–water partition coefficient (Wildman–Crippen LogP) is 4.29. The van der Waals surface area contributed by atoms with Crippen LogP contribution in [0.4, 0.5) is 0 Å². The smallest absolute Gasteiger partial charge is 0.290 e. The molecule has 0 spiro atoms.